The van der Waals surface area contributed by atoms with E-state index in [4.69, 9.17) is 9.05 Å². The van der Waals surface area contributed by atoms with Gasteiger partial charge >= 0.3 is 7.82 Å². The Labute approximate surface area is 348 Å². The topological polar surface area (TPSA) is 226 Å². The molecule has 0 aliphatic heterocycles. The molecule has 0 aromatic carbocycles. The first kappa shape index (κ1) is 54.0. The normalized spacial score (nSPS) is 24.4. The Bertz CT molecular complexity index is 1230. The van der Waals surface area contributed by atoms with Crippen LogP contribution < -0.4 is 5.32 Å². The van der Waals surface area contributed by atoms with Gasteiger partial charge in [-0.1, -0.05) is 138 Å². The van der Waals surface area contributed by atoms with Crippen molar-refractivity contribution >= 4 is 13.7 Å². The molecule has 336 valence electrons. The molecule has 1 saturated carbocycles. The van der Waals surface area contributed by atoms with Crippen molar-refractivity contribution in [1.82, 2.24) is 5.32 Å². The number of aliphatic hydroxyl groups is 7. The third-order valence-corrected chi connectivity index (χ3v) is 11.1. The fourth-order valence-corrected chi connectivity index (χ4v) is 7.58. The van der Waals surface area contributed by atoms with Gasteiger partial charge in [-0.2, -0.15) is 0 Å². The number of unbranched alkanes of at least 4 members (excludes halogenated alkanes) is 14. The van der Waals surface area contributed by atoms with Crippen molar-refractivity contribution in [3.63, 3.8) is 0 Å². The number of rotatable bonds is 34. The summed E-state index contributed by atoms with van der Waals surface area (Å²) in [6.07, 6.45) is 26.5. The van der Waals surface area contributed by atoms with Crippen molar-refractivity contribution in [3.8, 4) is 0 Å². The molecule has 0 aromatic rings. The van der Waals surface area contributed by atoms with Gasteiger partial charge in [-0.25, -0.2) is 4.57 Å². The van der Waals surface area contributed by atoms with E-state index >= 15 is 0 Å². The van der Waals surface area contributed by atoms with Crippen LogP contribution in [0.15, 0.2) is 60.8 Å². The quantitative estimate of drug-likeness (QED) is 0.0192. The van der Waals surface area contributed by atoms with Crippen LogP contribution in [-0.2, 0) is 18.4 Å². The highest BCUT2D eigenvalue weighted by Gasteiger charge is 2.51. The number of carbonyl (C=O) groups excluding carboxylic acids is 1. The third kappa shape index (κ3) is 25.6. The lowest BCUT2D eigenvalue weighted by molar-refractivity contribution is -0.220. The molecule has 0 bridgehead atoms. The summed E-state index contributed by atoms with van der Waals surface area (Å²) < 4.78 is 22.7. The monoisotopic (exact) mass is 844 g/mol. The van der Waals surface area contributed by atoms with Crippen molar-refractivity contribution in [2.75, 3.05) is 6.61 Å². The fraction of sp³-hybridized carbons (Fsp3) is 0.750. The molecule has 0 spiro atoms. The molecule has 1 amide bonds. The zero-order valence-electron chi connectivity index (χ0n) is 35.2. The average molecular weight is 844 g/mol. The fourth-order valence-electron chi connectivity index (χ4n) is 6.61. The van der Waals surface area contributed by atoms with Crippen LogP contribution in [-0.4, -0.2) is 108 Å². The maximum Gasteiger partial charge on any atom is 0.472 e. The second kappa shape index (κ2) is 33.7. The van der Waals surface area contributed by atoms with Crippen LogP contribution >= 0.6 is 7.82 Å². The van der Waals surface area contributed by atoms with Crippen LogP contribution in [0.25, 0.3) is 0 Å². The minimum absolute atomic E-state index is 0.260. The summed E-state index contributed by atoms with van der Waals surface area (Å²) in [4.78, 5) is 23.3. The number of hydrogen-bond donors (Lipinski definition) is 9. The molecule has 58 heavy (non-hydrogen) atoms. The largest absolute Gasteiger partial charge is 0.472 e. The SMILES string of the molecule is C/C=C/CC/C=C/CC/C=C/C(O)C(COP(=O)(O)OC1C(O)C(O)C(O)C(O)C1O)NC(=O)CC(O)CCCCCCCCCCCCCC/C=C\C/C=C\CC. The molecule has 1 rings (SSSR count). The number of phosphoric acid groups is 1. The zero-order valence-corrected chi connectivity index (χ0v) is 36.1. The van der Waals surface area contributed by atoms with Gasteiger partial charge in [-0.15, -0.1) is 0 Å². The van der Waals surface area contributed by atoms with E-state index in [0.29, 0.717) is 19.3 Å². The van der Waals surface area contributed by atoms with E-state index in [-0.39, 0.29) is 6.42 Å². The van der Waals surface area contributed by atoms with E-state index in [9.17, 15) is 50.0 Å². The van der Waals surface area contributed by atoms with Crippen LogP contribution in [0.3, 0.4) is 0 Å². The molecular formula is C44H78NO12P. The van der Waals surface area contributed by atoms with Crippen molar-refractivity contribution in [2.24, 2.45) is 0 Å². The van der Waals surface area contributed by atoms with Crippen molar-refractivity contribution in [3.05, 3.63) is 60.8 Å². The standard InChI is InChI=1S/C44H78NO12P/c1-3-5-7-9-11-13-14-15-16-17-18-19-20-21-22-24-25-27-29-31-35(46)33-38(48)45-36(37(47)32-30-28-26-23-12-10-8-6-4-2)34-56-58(54,55)57-44-42(52)40(50)39(49)41(51)43(44)53/h4-7,11-13,23,30,32,35-37,39-44,46-47,49-53H,3,8-10,14-22,24-29,31,33-34H2,1-2H3,(H,45,48)(H,54,55)/b6-4+,7-5-,13-11-,23-12+,32-30+. The molecule has 1 aliphatic rings. The Kier molecular flexibility index (Phi) is 31.4. The number of phosphoric ester groups is 1. The van der Waals surface area contributed by atoms with Gasteiger partial charge in [-0.3, -0.25) is 13.8 Å². The molecule has 0 radical (unpaired) electrons. The number of aliphatic hydroxyl groups excluding tert-OH is 7. The highest BCUT2D eigenvalue weighted by atomic mass is 31.2. The summed E-state index contributed by atoms with van der Waals surface area (Å²) in [5, 5.41) is 74.1. The average Bonchev–Trinajstić information content (AvgIpc) is 3.19. The molecule has 14 heteroatoms. The number of nitrogens with one attached hydrogen (secondary N) is 1. The summed E-state index contributed by atoms with van der Waals surface area (Å²) in [6, 6.07) is -1.26. The van der Waals surface area contributed by atoms with E-state index in [2.05, 4.69) is 48.7 Å². The number of carbonyl (C=O) groups is 1. The second-order valence-corrected chi connectivity index (χ2v) is 16.7. The lowest BCUT2D eigenvalue weighted by atomic mass is 9.85. The van der Waals surface area contributed by atoms with E-state index in [0.717, 1.165) is 51.4 Å². The van der Waals surface area contributed by atoms with Gasteiger partial charge in [0, 0.05) is 0 Å². The minimum atomic E-state index is -5.15. The summed E-state index contributed by atoms with van der Waals surface area (Å²) in [5.41, 5.74) is 0. The summed E-state index contributed by atoms with van der Waals surface area (Å²) in [5.74, 6) is -0.614. The lowest BCUT2D eigenvalue weighted by Crippen LogP contribution is -2.64. The zero-order chi connectivity index (χ0) is 43.0. The molecular weight excluding hydrogens is 765 g/mol. The van der Waals surface area contributed by atoms with Crippen LogP contribution in [0, 0.1) is 0 Å². The molecule has 9 N–H and O–H groups in total. The van der Waals surface area contributed by atoms with Crippen molar-refractivity contribution in [1.29, 1.82) is 0 Å². The van der Waals surface area contributed by atoms with E-state index in [1.54, 1.807) is 6.08 Å². The van der Waals surface area contributed by atoms with Crippen LogP contribution in [0.1, 0.15) is 149 Å². The number of allylic oxidation sites excluding steroid dienone is 9. The first-order valence-corrected chi connectivity index (χ1v) is 23.3. The van der Waals surface area contributed by atoms with Crippen LogP contribution in [0.5, 0.6) is 0 Å². The molecule has 0 heterocycles. The van der Waals surface area contributed by atoms with Gasteiger partial charge in [0.1, 0.15) is 36.6 Å². The Morgan fingerprint density at radius 3 is 1.71 bits per heavy atom. The first-order chi connectivity index (χ1) is 27.8. The first-order valence-electron chi connectivity index (χ1n) is 21.8. The predicted molar refractivity (Wildman–Crippen MR) is 229 cm³/mol. The lowest BCUT2D eigenvalue weighted by Gasteiger charge is -2.41. The Morgan fingerprint density at radius 2 is 1.14 bits per heavy atom. The maximum absolute atomic E-state index is 12.9. The highest BCUT2D eigenvalue weighted by Crippen LogP contribution is 2.47. The van der Waals surface area contributed by atoms with E-state index < -0.39 is 75.2 Å². The Hall–Kier alpha value is -2.00. The predicted octanol–water partition coefficient (Wildman–Crippen LogP) is 6.53. The molecule has 1 fully saturated rings. The number of amides is 1. The van der Waals surface area contributed by atoms with E-state index in [1.165, 1.54) is 63.9 Å². The minimum Gasteiger partial charge on any atom is -0.393 e. The van der Waals surface area contributed by atoms with Gasteiger partial charge in [0.15, 0.2) is 0 Å². The van der Waals surface area contributed by atoms with E-state index in [1.807, 2.05) is 19.1 Å². The van der Waals surface area contributed by atoms with Crippen LogP contribution in [0.4, 0.5) is 0 Å². The van der Waals surface area contributed by atoms with Gasteiger partial charge in [0.05, 0.1) is 31.3 Å². The van der Waals surface area contributed by atoms with Gasteiger partial charge in [0.2, 0.25) is 5.91 Å². The number of hydrogen-bond acceptors (Lipinski definition) is 11. The molecule has 0 aromatic heterocycles. The smallest absolute Gasteiger partial charge is 0.393 e. The highest BCUT2D eigenvalue weighted by molar-refractivity contribution is 7.47. The maximum atomic E-state index is 12.9. The third-order valence-electron chi connectivity index (χ3n) is 10.2. The van der Waals surface area contributed by atoms with Crippen molar-refractivity contribution in [2.45, 2.75) is 204 Å². The Morgan fingerprint density at radius 1 is 0.655 bits per heavy atom. The Balaban J connectivity index is 2.48. The molecule has 13 nitrogen and oxygen atoms in total. The van der Waals surface area contributed by atoms with Gasteiger partial charge < -0.3 is 46.0 Å². The molecule has 8 atom stereocenters. The van der Waals surface area contributed by atoms with Gasteiger partial charge in [0.25, 0.3) is 0 Å². The van der Waals surface area contributed by atoms with Crippen LogP contribution in [0.2, 0.25) is 0 Å². The molecule has 8 unspecified atom stereocenters. The molecule has 0 saturated heterocycles. The summed E-state index contributed by atoms with van der Waals surface area (Å²) in [7, 11) is -5.15. The summed E-state index contributed by atoms with van der Waals surface area (Å²) >= 11 is 0. The van der Waals surface area contributed by atoms with Gasteiger partial charge in [-0.05, 0) is 64.7 Å². The second-order valence-electron chi connectivity index (χ2n) is 15.3. The summed E-state index contributed by atoms with van der Waals surface area (Å²) in [6.45, 7) is 3.36. The molecule has 1 aliphatic carbocycles. The van der Waals surface area contributed by atoms with Crippen molar-refractivity contribution < 1.29 is 59.0 Å².